The van der Waals surface area contributed by atoms with Gasteiger partial charge in [-0.15, -0.1) is 0 Å². The zero-order chi connectivity index (χ0) is 23.0. The molecule has 0 aliphatic rings. The van der Waals surface area contributed by atoms with Gasteiger partial charge in [0.2, 0.25) is 0 Å². The highest BCUT2D eigenvalue weighted by molar-refractivity contribution is 5.68. The van der Waals surface area contributed by atoms with Gasteiger partial charge in [0.1, 0.15) is 17.1 Å². The molecule has 0 aliphatic heterocycles. The van der Waals surface area contributed by atoms with Gasteiger partial charge in [0.25, 0.3) is 5.56 Å². The average Bonchev–Trinajstić information content (AvgIpc) is 2.71. The molecule has 0 atom stereocenters. The number of fused-ring (bicyclic) bond motifs is 1. The minimum absolute atomic E-state index is 0.190. The Kier molecular flexibility index (Phi) is 5.83. The van der Waals surface area contributed by atoms with Crippen molar-refractivity contribution in [1.29, 1.82) is 0 Å². The lowest BCUT2D eigenvalue weighted by Crippen LogP contribution is -2.33. The summed E-state index contributed by atoms with van der Waals surface area (Å²) in [5.74, 6) is -4.50. The normalized spacial score (nSPS) is 12.4. The molecule has 0 N–H and O–H groups in total. The van der Waals surface area contributed by atoms with Crippen LogP contribution in [0.4, 0.5) is 30.7 Å². The third-order valence-electron chi connectivity index (χ3n) is 4.20. The summed E-state index contributed by atoms with van der Waals surface area (Å²) in [4.78, 5) is 16.3. The highest BCUT2D eigenvalue weighted by Crippen LogP contribution is 2.35. The van der Waals surface area contributed by atoms with E-state index in [1.165, 1.54) is 19.4 Å². The van der Waals surface area contributed by atoms with Crippen LogP contribution >= 0.6 is 0 Å². The number of nitrogens with zero attached hydrogens (tertiary/aromatic N) is 2. The Morgan fingerprint density at radius 1 is 1.03 bits per heavy atom. The number of hydrogen-bond donors (Lipinski definition) is 0. The first-order chi connectivity index (χ1) is 14.4. The first kappa shape index (κ1) is 22.4. The summed E-state index contributed by atoms with van der Waals surface area (Å²) in [6.45, 7) is -1.63. The molecule has 1 aromatic carbocycles. The van der Waals surface area contributed by atoms with Gasteiger partial charge in [-0.3, -0.25) is 9.20 Å². The SMILES string of the molecule is COc1ccn2c(=O)c(-c3ccc(OCC(F)(F)C(F)F)cc3)c(C(F)(F)F)nc2c1. The molecule has 5 nitrogen and oxygen atoms in total. The number of alkyl halides is 7. The molecule has 166 valence electrons. The summed E-state index contributed by atoms with van der Waals surface area (Å²) < 4.78 is 102. The summed E-state index contributed by atoms with van der Waals surface area (Å²) >= 11 is 0. The molecule has 0 saturated carbocycles. The van der Waals surface area contributed by atoms with E-state index in [2.05, 4.69) is 9.72 Å². The molecule has 3 aromatic rings. The van der Waals surface area contributed by atoms with Crippen molar-refractivity contribution in [3.8, 4) is 22.6 Å². The van der Waals surface area contributed by atoms with E-state index in [1.54, 1.807) is 0 Å². The maximum Gasteiger partial charge on any atom is 0.434 e. The van der Waals surface area contributed by atoms with Crippen molar-refractivity contribution in [1.82, 2.24) is 9.38 Å². The number of hydrogen-bond acceptors (Lipinski definition) is 4. The van der Waals surface area contributed by atoms with Crippen molar-refractivity contribution in [3.63, 3.8) is 0 Å². The van der Waals surface area contributed by atoms with E-state index in [-0.39, 0.29) is 22.7 Å². The Bertz CT molecular complexity index is 1140. The molecule has 3 rings (SSSR count). The second kappa shape index (κ2) is 8.08. The summed E-state index contributed by atoms with van der Waals surface area (Å²) in [7, 11) is 1.30. The zero-order valence-electron chi connectivity index (χ0n) is 15.6. The van der Waals surface area contributed by atoms with Crippen LogP contribution in [0, 0.1) is 0 Å². The van der Waals surface area contributed by atoms with E-state index < -0.39 is 41.9 Å². The van der Waals surface area contributed by atoms with Crippen LogP contribution in [-0.4, -0.2) is 35.4 Å². The van der Waals surface area contributed by atoms with Gasteiger partial charge < -0.3 is 9.47 Å². The average molecular weight is 450 g/mol. The Morgan fingerprint density at radius 2 is 1.68 bits per heavy atom. The molecule has 0 bridgehead atoms. The van der Waals surface area contributed by atoms with Gasteiger partial charge in [0, 0.05) is 12.3 Å². The molecule has 31 heavy (non-hydrogen) atoms. The molecule has 2 heterocycles. The first-order valence-corrected chi connectivity index (χ1v) is 8.51. The van der Waals surface area contributed by atoms with Crippen molar-refractivity contribution in [2.45, 2.75) is 18.5 Å². The fourth-order valence-corrected chi connectivity index (χ4v) is 2.67. The summed E-state index contributed by atoms with van der Waals surface area (Å²) in [6.07, 6.45) is -7.74. The smallest absolute Gasteiger partial charge is 0.434 e. The second-order valence-corrected chi connectivity index (χ2v) is 6.31. The van der Waals surface area contributed by atoms with Gasteiger partial charge >= 0.3 is 18.5 Å². The molecular weight excluding hydrogens is 437 g/mol. The van der Waals surface area contributed by atoms with E-state index in [1.807, 2.05) is 0 Å². The maximum absolute atomic E-state index is 13.6. The van der Waals surface area contributed by atoms with Gasteiger partial charge in [0.15, 0.2) is 12.3 Å². The maximum atomic E-state index is 13.6. The third-order valence-corrected chi connectivity index (χ3v) is 4.20. The number of methoxy groups -OCH3 is 1. The highest BCUT2D eigenvalue weighted by atomic mass is 19.4. The summed E-state index contributed by atoms with van der Waals surface area (Å²) in [5, 5.41) is 0. The lowest BCUT2D eigenvalue weighted by molar-refractivity contribution is -0.148. The molecule has 0 fully saturated rings. The number of aromatic nitrogens is 2. The first-order valence-electron chi connectivity index (χ1n) is 8.51. The zero-order valence-corrected chi connectivity index (χ0v) is 15.6. The van der Waals surface area contributed by atoms with Gasteiger partial charge in [0.05, 0.1) is 12.7 Å². The molecule has 0 saturated heterocycles. The Balaban J connectivity index is 2.05. The lowest BCUT2D eigenvalue weighted by Gasteiger charge is -2.16. The van der Waals surface area contributed by atoms with Crippen molar-refractivity contribution in [2.75, 3.05) is 13.7 Å². The molecule has 0 amide bonds. The molecule has 0 radical (unpaired) electrons. The van der Waals surface area contributed by atoms with Crippen LogP contribution in [-0.2, 0) is 6.18 Å². The Labute approximate surface area is 169 Å². The molecule has 12 heteroatoms. The molecule has 0 aliphatic carbocycles. The molecule has 0 unspecified atom stereocenters. The van der Waals surface area contributed by atoms with Crippen LogP contribution in [0.15, 0.2) is 47.4 Å². The number of ether oxygens (including phenoxy) is 2. The predicted octanol–water partition coefficient (Wildman–Crippen LogP) is 4.67. The van der Waals surface area contributed by atoms with Gasteiger partial charge in [-0.05, 0) is 23.8 Å². The Morgan fingerprint density at radius 3 is 2.23 bits per heavy atom. The largest absolute Gasteiger partial charge is 0.497 e. The summed E-state index contributed by atoms with van der Waals surface area (Å²) in [5.41, 5.74) is -3.78. The van der Waals surface area contributed by atoms with Crippen molar-refractivity contribution < 1.29 is 40.2 Å². The van der Waals surface area contributed by atoms with Crippen LogP contribution in [0.3, 0.4) is 0 Å². The van der Waals surface area contributed by atoms with Crippen molar-refractivity contribution in [2.24, 2.45) is 0 Å². The second-order valence-electron chi connectivity index (χ2n) is 6.31. The number of halogens is 7. The van der Waals surface area contributed by atoms with E-state index in [0.29, 0.717) is 0 Å². The van der Waals surface area contributed by atoms with Crippen LogP contribution < -0.4 is 15.0 Å². The fourth-order valence-electron chi connectivity index (χ4n) is 2.67. The van der Waals surface area contributed by atoms with Crippen LogP contribution in [0.2, 0.25) is 0 Å². The topological polar surface area (TPSA) is 52.8 Å². The van der Waals surface area contributed by atoms with Crippen LogP contribution in [0.1, 0.15) is 5.69 Å². The van der Waals surface area contributed by atoms with E-state index in [0.717, 1.165) is 34.7 Å². The molecule has 2 aromatic heterocycles. The highest BCUT2D eigenvalue weighted by Gasteiger charge is 2.42. The van der Waals surface area contributed by atoms with Crippen LogP contribution in [0.25, 0.3) is 16.8 Å². The van der Waals surface area contributed by atoms with E-state index >= 15 is 0 Å². The standard InChI is InChI=1S/C19H13F7N2O3/c1-30-12-6-7-28-13(8-12)27-15(19(24,25)26)14(16(28)29)10-2-4-11(5-3-10)31-9-18(22,23)17(20)21/h2-8,17H,9H2,1H3. The fraction of sp³-hybridized carbons (Fsp3) is 0.263. The van der Waals surface area contributed by atoms with Gasteiger partial charge in [-0.25, -0.2) is 13.8 Å². The van der Waals surface area contributed by atoms with Crippen LogP contribution in [0.5, 0.6) is 11.5 Å². The van der Waals surface area contributed by atoms with Gasteiger partial charge in [-0.1, -0.05) is 12.1 Å². The Hall–Kier alpha value is -3.31. The van der Waals surface area contributed by atoms with E-state index in [4.69, 9.17) is 4.74 Å². The van der Waals surface area contributed by atoms with Crippen molar-refractivity contribution in [3.05, 3.63) is 58.6 Å². The molecular formula is C19H13F7N2O3. The summed E-state index contributed by atoms with van der Waals surface area (Å²) in [6, 6.07) is 6.51. The lowest BCUT2D eigenvalue weighted by atomic mass is 10.0. The number of rotatable bonds is 6. The third kappa shape index (κ3) is 4.57. The quantitative estimate of drug-likeness (QED) is 0.513. The minimum atomic E-state index is -4.99. The molecule has 0 spiro atoms. The minimum Gasteiger partial charge on any atom is -0.497 e. The van der Waals surface area contributed by atoms with E-state index in [9.17, 15) is 35.5 Å². The van der Waals surface area contributed by atoms with Crippen molar-refractivity contribution >= 4 is 5.65 Å². The number of pyridine rings is 1. The predicted molar refractivity (Wildman–Crippen MR) is 94.9 cm³/mol. The number of benzene rings is 1. The monoisotopic (exact) mass is 450 g/mol. The van der Waals surface area contributed by atoms with Gasteiger partial charge in [-0.2, -0.15) is 22.0 Å².